The lowest BCUT2D eigenvalue weighted by Gasteiger charge is -2.41. The number of urea groups is 1. The molecule has 2 atom stereocenters. The van der Waals surface area contributed by atoms with Crippen LogP contribution in [0.25, 0.3) is 0 Å². The van der Waals surface area contributed by atoms with Crippen LogP contribution in [0.2, 0.25) is 0 Å². The Bertz CT molecular complexity index is 714. The predicted molar refractivity (Wildman–Crippen MR) is 91.7 cm³/mol. The predicted octanol–water partition coefficient (Wildman–Crippen LogP) is 1.60. The molecule has 3 aliphatic rings. The molecule has 2 aliphatic carbocycles. The number of rotatable bonds is 4. The molecule has 0 bridgehead atoms. The molecule has 1 aromatic rings. The molecule has 3 fully saturated rings. The van der Waals surface area contributed by atoms with E-state index >= 15 is 0 Å². The maximum atomic E-state index is 13.0. The maximum Gasteiger partial charge on any atom is 0.322 e. The lowest BCUT2D eigenvalue weighted by atomic mass is 9.63. The second kappa shape index (κ2) is 5.86. The minimum absolute atomic E-state index is 0.0386. The van der Waals surface area contributed by atoms with Gasteiger partial charge in [0.2, 0.25) is 5.91 Å². The average Bonchev–Trinajstić information content (AvgIpc) is 3.09. The highest BCUT2D eigenvalue weighted by Crippen LogP contribution is 2.44. The summed E-state index contributed by atoms with van der Waals surface area (Å²) in [5.41, 5.74) is -0.218. The third-order valence-electron chi connectivity index (χ3n) is 6.27. The Balaban J connectivity index is 1.47. The van der Waals surface area contributed by atoms with Crippen LogP contribution < -0.4 is 16.0 Å². The van der Waals surface area contributed by atoms with Crippen molar-refractivity contribution in [2.75, 3.05) is 6.54 Å². The van der Waals surface area contributed by atoms with E-state index in [1.807, 2.05) is 30.3 Å². The highest BCUT2D eigenvalue weighted by atomic mass is 16.2. The summed E-state index contributed by atoms with van der Waals surface area (Å²) in [4.78, 5) is 36.8. The van der Waals surface area contributed by atoms with Crippen molar-refractivity contribution in [2.24, 2.45) is 5.92 Å². The Hall–Kier alpha value is -2.37. The maximum absolute atomic E-state index is 13.0. The van der Waals surface area contributed by atoms with Crippen molar-refractivity contribution in [3.05, 3.63) is 35.9 Å². The molecule has 2 unspecified atom stereocenters. The molecule has 1 aliphatic heterocycles. The molecule has 1 saturated heterocycles. The molecule has 2 saturated carbocycles. The van der Waals surface area contributed by atoms with Crippen molar-refractivity contribution in [3.8, 4) is 0 Å². The summed E-state index contributed by atoms with van der Waals surface area (Å²) in [6.07, 6.45) is 5.10. The highest BCUT2D eigenvalue weighted by molar-refractivity contribution is 6.07. The van der Waals surface area contributed by atoms with Crippen molar-refractivity contribution >= 4 is 17.8 Å². The van der Waals surface area contributed by atoms with Crippen LogP contribution in [-0.4, -0.2) is 29.9 Å². The van der Waals surface area contributed by atoms with Crippen molar-refractivity contribution in [3.63, 3.8) is 0 Å². The normalized spacial score (nSPS) is 29.8. The monoisotopic (exact) mass is 341 g/mol. The zero-order valence-electron chi connectivity index (χ0n) is 14.1. The first-order chi connectivity index (χ1) is 12.1. The number of nitrogens with one attached hydrogen (secondary N) is 3. The van der Waals surface area contributed by atoms with E-state index in [1.54, 1.807) is 0 Å². The Kier molecular flexibility index (Phi) is 3.78. The lowest BCUT2D eigenvalue weighted by molar-refractivity contribution is -0.131. The van der Waals surface area contributed by atoms with Gasteiger partial charge in [-0.1, -0.05) is 43.2 Å². The van der Waals surface area contributed by atoms with Crippen LogP contribution in [0.3, 0.4) is 0 Å². The first-order valence-corrected chi connectivity index (χ1v) is 9.04. The van der Waals surface area contributed by atoms with Crippen LogP contribution in [-0.2, 0) is 15.0 Å². The first-order valence-electron chi connectivity index (χ1n) is 9.04. The molecular weight excluding hydrogens is 318 g/mol. The largest absolute Gasteiger partial charge is 0.355 e. The number of benzene rings is 1. The summed E-state index contributed by atoms with van der Waals surface area (Å²) >= 11 is 0. The molecule has 25 heavy (non-hydrogen) atoms. The van der Waals surface area contributed by atoms with E-state index in [4.69, 9.17) is 0 Å². The number of amides is 4. The van der Waals surface area contributed by atoms with Gasteiger partial charge in [0.15, 0.2) is 0 Å². The molecule has 1 heterocycles. The molecule has 4 rings (SSSR count). The van der Waals surface area contributed by atoms with Gasteiger partial charge >= 0.3 is 6.03 Å². The quantitative estimate of drug-likeness (QED) is 0.727. The molecule has 6 heteroatoms. The van der Waals surface area contributed by atoms with Crippen molar-refractivity contribution < 1.29 is 14.4 Å². The summed E-state index contributed by atoms with van der Waals surface area (Å²) in [5.74, 6) is -0.275. The summed E-state index contributed by atoms with van der Waals surface area (Å²) in [5, 5.41) is 8.23. The fourth-order valence-electron chi connectivity index (χ4n) is 4.64. The van der Waals surface area contributed by atoms with Gasteiger partial charge in [-0.3, -0.25) is 14.9 Å². The van der Waals surface area contributed by atoms with Crippen LogP contribution in [0.15, 0.2) is 30.3 Å². The summed E-state index contributed by atoms with van der Waals surface area (Å²) in [7, 11) is 0. The lowest BCUT2D eigenvalue weighted by Crippen LogP contribution is -2.55. The van der Waals surface area contributed by atoms with Gasteiger partial charge in [-0.15, -0.1) is 0 Å². The number of imide groups is 1. The van der Waals surface area contributed by atoms with Crippen LogP contribution >= 0.6 is 0 Å². The molecule has 1 spiro atoms. The van der Waals surface area contributed by atoms with Gasteiger partial charge in [0.05, 0.1) is 5.41 Å². The van der Waals surface area contributed by atoms with Gasteiger partial charge in [0.25, 0.3) is 5.91 Å². The molecule has 0 aromatic heterocycles. The minimum Gasteiger partial charge on any atom is -0.355 e. The van der Waals surface area contributed by atoms with Crippen LogP contribution in [0.4, 0.5) is 4.79 Å². The van der Waals surface area contributed by atoms with E-state index in [0.717, 1.165) is 37.7 Å². The van der Waals surface area contributed by atoms with Crippen LogP contribution in [0, 0.1) is 5.92 Å². The average molecular weight is 341 g/mol. The topological polar surface area (TPSA) is 87.3 Å². The van der Waals surface area contributed by atoms with Gasteiger partial charge in [-0.25, -0.2) is 4.79 Å². The number of carbonyl (C=O) groups is 3. The second-order valence-electron chi connectivity index (χ2n) is 7.48. The first kappa shape index (κ1) is 16.1. The Labute approximate surface area is 146 Å². The van der Waals surface area contributed by atoms with Crippen LogP contribution in [0.1, 0.15) is 44.1 Å². The Morgan fingerprint density at radius 3 is 2.48 bits per heavy atom. The molecule has 6 nitrogen and oxygen atoms in total. The third kappa shape index (κ3) is 2.42. The highest BCUT2D eigenvalue weighted by Gasteiger charge is 2.54. The minimum atomic E-state index is -0.843. The van der Waals surface area contributed by atoms with E-state index in [-0.39, 0.29) is 17.7 Å². The SMILES string of the molecule is O=C1NC(=O)C2(CCCC2CNC(=O)C2(c3ccccc3)CCC2)N1. The van der Waals surface area contributed by atoms with E-state index in [0.29, 0.717) is 13.0 Å². The second-order valence-corrected chi connectivity index (χ2v) is 7.48. The zero-order chi connectivity index (χ0) is 17.5. The van der Waals surface area contributed by atoms with Gasteiger partial charge in [-0.2, -0.15) is 0 Å². The van der Waals surface area contributed by atoms with Crippen molar-refractivity contribution in [1.82, 2.24) is 16.0 Å². The van der Waals surface area contributed by atoms with E-state index in [2.05, 4.69) is 16.0 Å². The van der Waals surface area contributed by atoms with E-state index in [9.17, 15) is 14.4 Å². The standard InChI is InChI=1S/C19H23N3O3/c23-15(18(9-5-10-18)13-6-2-1-3-7-13)20-12-14-8-4-11-19(14)16(24)21-17(25)22-19/h1-3,6-7,14H,4-5,8-12H2,(H,20,23)(H2,21,22,24,25). The number of hydrogen-bond donors (Lipinski definition) is 3. The zero-order valence-corrected chi connectivity index (χ0v) is 14.1. The summed E-state index contributed by atoms with van der Waals surface area (Å²) in [6, 6.07) is 9.49. The van der Waals surface area contributed by atoms with Gasteiger partial charge in [0, 0.05) is 12.5 Å². The van der Waals surface area contributed by atoms with Gasteiger partial charge < -0.3 is 10.6 Å². The van der Waals surface area contributed by atoms with Crippen molar-refractivity contribution in [2.45, 2.75) is 49.5 Å². The molecular formula is C19H23N3O3. The summed E-state index contributed by atoms with van der Waals surface area (Å²) < 4.78 is 0. The number of hydrogen-bond acceptors (Lipinski definition) is 3. The van der Waals surface area contributed by atoms with Crippen molar-refractivity contribution in [1.29, 1.82) is 0 Å². The Morgan fingerprint density at radius 1 is 1.12 bits per heavy atom. The Morgan fingerprint density at radius 2 is 1.88 bits per heavy atom. The fraction of sp³-hybridized carbons (Fsp3) is 0.526. The fourth-order valence-corrected chi connectivity index (χ4v) is 4.64. The smallest absolute Gasteiger partial charge is 0.322 e. The third-order valence-corrected chi connectivity index (χ3v) is 6.27. The molecule has 3 N–H and O–H groups in total. The van der Waals surface area contributed by atoms with E-state index < -0.39 is 17.0 Å². The van der Waals surface area contributed by atoms with Gasteiger partial charge in [0.1, 0.15) is 5.54 Å². The molecule has 0 radical (unpaired) electrons. The number of carbonyl (C=O) groups excluding carboxylic acids is 3. The summed E-state index contributed by atoms with van der Waals surface area (Å²) in [6.45, 7) is 0.418. The van der Waals surface area contributed by atoms with Gasteiger partial charge in [-0.05, 0) is 31.2 Å². The van der Waals surface area contributed by atoms with E-state index in [1.165, 1.54) is 0 Å². The van der Waals surface area contributed by atoms with Crippen LogP contribution in [0.5, 0.6) is 0 Å². The molecule has 132 valence electrons. The molecule has 1 aromatic carbocycles. The molecule has 4 amide bonds.